The highest BCUT2D eigenvalue weighted by atomic mass is 35.5. The van der Waals surface area contributed by atoms with Crippen molar-refractivity contribution < 1.29 is 13.5 Å². The molecule has 0 fully saturated rings. The standard InChI is InChI=1S/C8H8ClO3S/c1-5(10)8-6(9)3-2-4-7(8)13(11)12/h2-5,10,13H,1H2. The van der Waals surface area contributed by atoms with Crippen LogP contribution >= 0.6 is 11.6 Å². The van der Waals surface area contributed by atoms with Gasteiger partial charge in [0.2, 0.25) is 0 Å². The van der Waals surface area contributed by atoms with Crippen molar-refractivity contribution in [2.24, 2.45) is 0 Å². The van der Waals surface area contributed by atoms with Gasteiger partial charge in [0.25, 0.3) is 0 Å². The summed E-state index contributed by atoms with van der Waals surface area (Å²) in [7, 11) is -2.75. The molecule has 1 unspecified atom stereocenters. The number of halogens is 1. The Labute approximate surface area is 82.9 Å². The van der Waals surface area contributed by atoms with E-state index in [1.54, 1.807) is 0 Å². The highest BCUT2D eigenvalue weighted by Gasteiger charge is 2.13. The first-order valence-corrected chi connectivity index (χ1v) is 5.03. The van der Waals surface area contributed by atoms with Crippen LogP contribution in [0.15, 0.2) is 23.1 Å². The molecular weight excluding hydrogens is 212 g/mol. The molecule has 0 heterocycles. The molecule has 0 aromatic heterocycles. The van der Waals surface area contributed by atoms with Crippen molar-refractivity contribution in [3.63, 3.8) is 0 Å². The van der Waals surface area contributed by atoms with E-state index >= 15 is 0 Å². The minimum atomic E-state index is -2.75. The lowest BCUT2D eigenvalue weighted by Gasteiger charge is -2.08. The summed E-state index contributed by atoms with van der Waals surface area (Å²) in [6.07, 6.45) is -1.13. The second-order valence-electron chi connectivity index (χ2n) is 2.45. The Morgan fingerprint density at radius 3 is 2.46 bits per heavy atom. The van der Waals surface area contributed by atoms with Crippen LogP contribution in [0.25, 0.3) is 0 Å². The average molecular weight is 220 g/mol. The van der Waals surface area contributed by atoms with Gasteiger partial charge in [0.1, 0.15) is 0 Å². The number of rotatable bonds is 2. The molecule has 0 bridgehead atoms. The molecule has 1 aromatic carbocycles. The van der Waals surface area contributed by atoms with Gasteiger partial charge in [0, 0.05) is 10.6 Å². The Kier molecular flexibility index (Phi) is 3.30. The third-order valence-corrected chi connectivity index (χ3v) is 2.67. The molecule has 0 saturated heterocycles. The highest BCUT2D eigenvalue weighted by molar-refractivity contribution is 7.72. The van der Waals surface area contributed by atoms with E-state index in [2.05, 4.69) is 6.92 Å². The largest absolute Gasteiger partial charge is 0.388 e. The molecule has 0 aliphatic heterocycles. The van der Waals surface area contributed by atoms with Crippen molar-refractivity contribution in [3.8, 4) is 0 Å². The molecule has 5 heteroatoms. The molecule has 0 saturated carbocycles. The molecule has 13 heavy (non-hydrogen) atoms. The Morgan fingerprint density at radius 1 is 1.46 bits per heavy atom. The van der Waals surface area contributed by atoms with Gasteiger partial charge in [-0.05, 0) is 19.1 Å². The first-order valence-electron chi connectivity index (χ1n) is 3.48. The maximum absolute atomic E-state index is 10.7. The monoisotopic (exact) mass is 219 g/mol. The molecule has 1 aromatic rings. The maximum Gasteiger partial charge on any atom is 0.168 e. The molecule has 3 nitrogen and oxygen atoms in total. The predicted molar refractivity (Wildman–Crippen MR) is 50.3 cm³/mol. The summed E-state index contributed by atoms with van der Waals surface area (Å²) in [5.41, 5.74) is 0.153. The third-order valence-electron chi connectivity index (χ3n) is 1.56. The Bertz CT molecular complexity index is 377. The SMILES string of the molecule is [CH2]C(O)c1c(Cl)cccc1[SH](=O)=O. The molecule has 0 spiro atoms. The number of aliphatic hydroxyl groups is 1. The van der Waals surface area contributed by atoms with E-state index in [9.17, 15) is 13.5 Å². The van der Waals surface area contributed by atoms with Crippen LogP contribution in [0.2, 0.25) is 5.02 Å². The molecule has 1 rings (SSSR count). The first-order chi connectivity index (χ1) is 6.04. The minimum absolute atomic E-state index is 0.0185. The second-order valence-corrected chi connectivity index (χ2v) is 3.85. The molecule has 0 amide bonds. The molecule has 1 atom stereocenters. The van der Waals surface area contributed by atoms with Crippen LogP contribution in [0.3, 0.4) is 0 Å². The van der Waals surface area contributed by atoms with E-state index < -0.39 is 16.8 Å². The number of aliphatic hydroxyl groups excluding tert-OH is 1. The Hall–Kier alpha value is -0.580. The van der Waals surface area contributed by atoms with E-state index in [-0.39, 0.29) is 15.5 Å². The number of hydrogen-bond acceptors (Lipinski definition) is 3. The summed E-state index contributed by atoms with van der Waals surface area (Å²) >= 11 is 5.70. The van der Waals surface area contributed by atoms with Crippen molar-refractivity contribution >= 4 is 22.3 Å². The second kappa shape index (κ2) is 4.09. The fraction of sp³-hybridized carbons (Fsp3) is 0.125. The van der Waals surface area contributed by atoms with Crippen molar-refractivity contribution in [1.29, 1.82) is 0 Å². The quantitative estimate of drug-likeness (QED) is 0.735. The van der Waals surface area contributed by atoms with Gasteiger partial charge in [0.15, 0.2) is 10.7 Å². The van der Waals surface area contributed by atoms with Crippen LogP contribution in [0.5, 0.6) is 0 Å². The van der Waals surface area contributed by atoms with Gasteiger partial charge in [-0.3, -0.25) is 0 Å². The van der Waals surface area contributed by atoms with E-state index in [0.29, 0.717) is 0 Å². The van der Waals surface area contributed by atoms with Gasteiger partial charge >= 0.3 is 0 Å². The summed E-state index contributed by atoms with van der Waals surface area (Å²) in [6.45, 7) is 3.32. The van der Waals surface area contributed by atoms with Crippen LogP contribution in [0.1, 0.15) is 11.7 Å². The van der Waals surface area contributed by atoms with E-state index in [1.807, 2.05) is 0 Å². The van der Waals surface area contributed by atoms with Crippen LogP contribution in [0.4, 0.5) is 0 Å². The molecule has 1 radical (unpaired) electrons. The zero-order valence-electron chi connectivity index (χ0n) is 6.61. The van der Waals surface area contributed by atoms with Crippen LogP contribution in [0, 0.1) is 6.92 Å². The maximum atomic E-state index is 10.7. The van der Waals surface area contributed by atoms with Gasteiger partial charge in [0.05, 0.1) is 11.0 Å². The molecule has 71 valence electrons. The van der Waals surface area contributed by atoms with Crippen LogP contribution < -0.4 is 0 Å². The summed E-state index contributed by atoms with van der Waals surface area (Å²) in [5, 5.41) is 9.38. The number of benzene rings is 1. The van der Waals surface area contributed by atoms with Crippen molar-refractivity contribution in [3.05, 3.63) is 35.7 Å². The van der Waals surface area contributed by atoms with Crippen LogP contribution in [-0.4, -0.2) is 13.5 Å². The fourth-order valence-corrected chi connectivity index (χ4v) is 2.06. The minimum Gasteiger partial charge on any atom is -0.388 e. The van der Waals surface area contributed by atoms with Crippen molar-refractivity contribution in [2.45, 2.75) is 11.0 Å². The topological polar surface area (TPSA) is 54.4 Å². The fourth-order valence-electron chi connectivity index (χ4n) is 1.01. The van der Waals surface area contributed by atoms with Gasteiger partial charge in [-0.2, -0.15) is 0 Å². The molecular formula is C8H8ClO3S. The zero-order chi connectivity index (χ0) is 10.0. The zero-order valence-corrected chi connectivity index (χ0v) is 8.26. The van der Waals surface area contributed by atoms with Gasteiger partial charge in [-0.25, -0.2) is 8.42 Å². The smallest absolute Gasteiger partial charge is 0.168 e. The van der Waals surface area contributed by atoms with Crippen molar-refractivity contribution in [2.75, 3.05) is 0 Å². The summed E-state index contributed by atoms with van der Waals surface area (Å²) in [5.74, 6) is 0. The predicted octanol–water partition coefficient (Wildman–Crippen LogP) is 1.18. The summed E-state index contributed by atoms with van der Waals surface area (Å²) in [4.78, 5) is 0.0185. The van der Waals surface area contributed by atoms with E-state index in [0.717, 1.165) is 0 Å². The summed E-state index contributed by atoms with van der Waals surface area (Å²) < 4.78 is 21.4. The van der Waals surface area contributed by atoms with Gasteiger partial charge in [-0.15, -0.1) is 0 Å². The lowest BCUT2D eigenvalue weighted by atomic mass is 10.1. The van der Waals surface area contributed by atoms with E-state index in [4.69, 9.17) is 11.6 Å². The lowest BCUT2D eigenvalue weighted by molar-refractivity contribution is 0.223. The van der Waals surface area contributed by atoms with Crippen LogP contribution in [-0.2, 0) is 10.7 Å². The van der Waals surface area contributed by atoms with Gasteiger partial charge in [-0.1, -0.05) is 17.7 Å². The molecule has 0 aliphatic carbocycles. The number of thiol groups is 1. The van der Waals surface area contributed by atoms with E-state index in [1.165, 1.54) is 18.2 Å². The third kappa shape index (κ3) is 2.21. The molecule has 1 N–H and O–H groups in total. The normalized spacial score (nSPS) is 13.2. The Morgan fingerprint density at radius 2 is 2.08 bits per heavy atom. The average Bonchev–Trinajstić information content (AvgIpc) is 2.02. The Balaban J connectivity index is 3.43. The lowest BCUT2D eigenvalue weighted by Crippen LogP contribution is -1.98. The van der Waals surface area contributed by atoms with Gasteiger partial charge < -0.3 is 5.11 Å². The first kappa shape index (κ1) is 10.5. The summed E-state index contributed by atoms with van der Waals surface area (Å²) in [6, 6.07) is 4.39. The molecule has 0 aliphatic rings. The highest BCUT2D eigenvalue weighted by Crippen LogP contribution is 2.26. The van der Waals surface area contributed by atoms with Crippen molar-refractivity contribution in [1.82, 2.24) is 0 Å². The number of hydrogen-bond donors (Lipinski definition) is 2.